The number of phenols is 1. The zero-order chi connectivity index (χ0) is 12.5. The van der Waals surface area contributed by atoms with Gasteiger partial charge in [0.1, 0.15) is 13.8 Å². The van der Waals surface area contributed by atoms with E-state index in [1.165, 1.54) is 15.9 Å². The Bertz CT molecular complexity index is 450. The summed E-state index contributed by atoms with van der Waals surface area (Å²) in [6.45, 7) is 6.78. The Labute approximate surface area is 104 Å². The van der Waals surface area contributed by atoms with E-state index in [4.69, 9.17) is 0 Å². The van der Waals surface area contributed by atoms with Gasteiger partial charge in [-0.3, -0.25) is 0 Å². The van der Waals surface area contributed by atoms with Gasteiger partial charge in [0.2, 0.25) is 0 Å². The fourth-order valence-corrected chi connectivity index (χ4v) is 4.35. The molecule has 0 aliphatic rings. The topological polar surface area (TPSA) is 20.2 Å². The van der Waals surface area contributed by atoms with E-state index in [-0.39, 0.29) is 0 Å². The Morgan fingerprint density at radius 2 is 1.18 bits per heavy atom. The van der Waals surface area contributed by atoms with Crippen LogP contribution in [-0.2, 0) is 0 Å². The first kappa shape index (κ1) is 11.9. The first-order chi connectivity index (χ1) is 8.00. The van der Waals surface area contributed by atoms with Gasteiger partial charge in [-0.1, -0.05) is 65.4 Å². The molecule has 0 heterocycles. The summed E-state index contributed by atoms with van der Waals surface area (Å²) in [7, 11) is -1.61. The molecule has 1 nitrogen and oxygen atoms in total. The predicted octanol–water partition coefficient (Wildman–Crippen LogP) is 2.52. The highest BCUT2D eigenvalue weighted by Crippen LogP contribution is 2.10. The predicted molar refractivity (Wildman–Crippen MR) is 76.0 cm³/mol. The molecule has 0 fully saturated rings. The molecule has 0 saturated carbocycles. The minimum absolute atomic E-state index is 0.336. The lowest BCUT2D eigenvalue weighted by atomic mass is 10.2. The number of rotatable bonds is 2. The second kappa shape index (κ2) is 4.38. The van der Waals surface area contributed by atoms with Crippen molar-refractivity contribution in [3.05, 3.63) is 54.1 Å². The van der Waals surface area contributed by atoms with Gasteiger partial charge in [0.25, 0.3) is 0 Å². The summed E-state index contributed by atoms with van der Waals surface area (Å²) in [5.41, 5.74) is 1.30. The summed E-state index contributed by atoms with van der Waals surface area (Å²) in [5, 5.41) is 12.1. The van der Waals surface area contributed by atoms with Crippen molar-refractivity contribution in [1.29, 1.82) is 0 Å². The summed E-state index contributed by atoms with van der Waals surface area (Å²) in [4.78, 5) is 0. The van der Waals surface area contributed by atoms with E-state index in [0.717, 1.165) is 0 Å². The van der Waals surface area contributed by atoms with E-state index in [2.05, 4.69) is 44.3 Å². The Hall–Kier alpha value is -1.54. The van der Waals surface area contributed by atoms with Crippen LogP contribution in [0, 0.1) is 6.92 Å². The molecular weight excluding hydrogens is 224 g/mol. The van der Waals surface area contributed by atoms with Crippen LogP contribution in [0.2, 0.25) is 13.1 Å². The van der Waals surface area contributed by atoms with E-state index in [0.29, 0.717) is 5.75 Å². The Morgan fingerprint density at radius 3 is 1.65 bits per heavy atom. The lowest BCUT2D eigenvalue weighted by molar-refractivity contribution is 0.475. The standard InChI is InChI=1S/C15H18OSi/c1-12-4-8-14(9-5-12)17(2,3)15-10-6-13(16)7-11-15/h4-11,16H,1-3H3. The minimum atomic E-state index is -1.61. The lowest BCUT2D eigenvalue weighted by Crippen LogP contribution is -2.52. The molecule has 0 spiro atoms. The van der Waals surface area contributed by atoms with Gasteiger partial charge >= 0.3 is 0 Å². The summed E-state index contributed by atoms with van der Waals surface area (Å²) < 4.78 is 0. The van der Waals surface area contributed by atoms with Gasteiger partial charge in [-0.15, -0.1) is 0 Å². The number of hydrogen-bond donors (Lipinski definition) is 1. The summed E-state index contributed by atoms with van der Waals surface area (Å²) in [6.07, 6.45) is 0. The van der Waals surface area contributed by atoms with Crippen LogP contribution >= 0.6 is 0 Å². The van der Waals surface area contributed by atoms with Crippen LogP contribution in [-0.4, -0.2) is 13.2 Å². The molecule has 0 saturated heterocycles. The molecule has 2 rings (SSSR count). The van der Waals surface area contributed by atoms with Crippen molar-refractivity contribution in [2.75, 3.05) is 0 Å². The van der Waals surface area contributed by atoms with Gasteiger partial charge in [-0.05, 0) is 19.1 Å². The summed E-state index contributed by atoms with van der Waals surface area (Å²) in [5.74, 6) is 0.336. The second-order valence-electron chi connectivity index (χ2n) is 5.04. The van der Waals surface area contributed by atoms with Gasteiger partial charge in [-0.2, -0.15) is 0 Å². The Kier molecular flexibility index (Phi) is 3.07. The van der Waals surface area contributed by atoms with Crippen molar-refractivity contribution in [3.8, 4) is 5.75 Å². The molecular formula is C15H18OSi. The Morgan fingerprint density at radius 1 is 0.765 bits per heavy atom. The Balaban J connectivity index is 2.41. The summed E-state index contributed by atoms with van der Waals surface area (Å²) in [6, 6.07) is 16.4. The number of phenolic OH excluding ortho intramolecular Hbond substituents is 1. The van der Waals surface area contributed by atoms with E-state index in [1.54, 1.807) is 12.1 Å². The average Bonchev–Trinajstić information content (AvgIpc) is 2.30. The highest BCUT2D eigenvalue weighted by atomic mass is 28.3. The normalized spacial score (nSPS) is 11.5. The van der Waals surface area contributed by atoms with Crippen molar-refractivity contribution >= 4 is 18.4 Å². The fourth-order valence-electron chi connectivity index (χ4n) is 2.01. The smallest absolute Gasteiger partial charge is 0.115 e. The molecule has 2 aromatic carbocycles. The highest BCUT2D eigenvalue weighted by Gasteiger charge is 2.25. The van der Waals surface area contributed by atoms with E-state index in [9.17, 15) is 5.11 Å². The van der Waals surface area contributed by atoms with Gasteiger partial charge in [0, 0.05) is 0 Å². The van der Waals surface area contributed by atoms with Gasteiger partial charge in [0.15, 0.2) is 0 Å². The van der Waals surface area contributed by atoms with Crippen LogP contribution < -0.4 is 10.4 Å². The number of hydrogen-bond acceptors (Lipinski definition) is 1. The van der Waals surface area contributed by atoms with Crippen LogP contribution in [0.25, 0.3) is 0 Å². The maximum Gasteiger partial charge on any atom is 0.115 e. The molecule has 0 aromatic heterocycles. The minimum Gasteiger partial charge on any atom is -0.508 e. The van der Waals surface area contributed by atoms with E-state index >= 15 is 0 Å². The van der Waals surface area contributed by atoms with Crippen LogP contribution in [0.15, 0.2) is 48.5 Å². The van der Waals surface area contributed by atoms with Gasteiger partial charge in [0.05, 0.1) is 0 Å². The molecule has 0 radical (unpaired) electrons. The molecule has 1 N–H and O–H groups in total. The highest BCUT2D eigenvalue weighted by molar-refractivity contribution is 7.00. The molecule has 2 heteroatoms. The molecule has 0 aliphatic heterocycles. The monoisotopic (exact) mass is 242 g/mol. The zero-order valence-electron chi connectivity index (χ0n) is 10.6. The van der Waals surface area contributed by atoms with Gasteiger partial charge in [-0.25, -0.2) is 0 Å². The van der Waals surface area contributed by atoms with Crippen LogP contribution in [0.1, 0.15) is 5.56 Å². The van der Waals surface area contributed by atoms with Crippen molar-refractivity contribution in [2.24, 2.45) is 0 Å². The molecule has 0 amide bonds. The molecule has 0 bridgehead atoms. The summed E-state index contributed by atoms with van der Waals surface area (Å²) >= 11 is 0. The van der Waals surface area contributed by atoms with Crippen LogP contribution in [0.5, 0.6) is 5.75 Å². The van der Waals surface area contributed by atoms with E-state index < -0.39 is 8.07 Å². The van der Waals surface area contributed by atoms with Crippen molar-refractivity contribution in [1.82, 2.24) is 0 Å². The fraction of sp³-hybridized carbons (Fsp3) is 0.200. The second-order valence-corrected chi connectivity index (χ2v) is 9.44. The van der Waals surface area contributed by atoms with Crippen molar-refractivity contribution in [2.45, 2.75) is 20.0 Å². The molecule has 2 aromatic rings. The lowest BCUT2D eigenvalue weighted by Gasteiger charge is -2.23. The average molecular weight is 242 g/mol. The van der Waals surface area contributed by atoms with Crippen LogP contribution in [0.4, 0.5) is 0 Å². The van der Waals surface area contributed by atoms with Crippen molar-refractivity contribution < 1.29 is 5.11 Å². The number of aryl methyl sites for hydroxylation is 1. The zero-order valence-corrected chi connectivity index (χ0v) is 11.6. The molecule has 88 valence electrons. The van der Waals surface area contributed by atoms with Crippen LogP contribution in [0.3, 0.4) is 0 Å². The quantitative estimate of drug-likeness (QED) is 0.802. The third-order valence-electron chi connectivity index (χ3n) is 3.36. The largest absolute Gasteiger partial charge is 0.508 e. The molecule has 0 aliphatic carbocycles. The first-order valence-electron chi connectivity index (χ1n) is 5.87. The van der Waals surface area contributed by atoms with Crippen molar-refractivity contribution in [3.63, 3.8) is 0 Å². The maximum atomic E-state index is 9.34. The molecule has 17 heavy (non-hydrogen) atoms. The van der Waals surface area contributed by atoms with Gasteiger partial charge < -0.3 is 5.11 Å². The molecule has 0 unspecified atom stereocenters. The maximum absolute atomic E-state index is 9.34. The first-order valence-corrected chi connectivity index (χ1v) is 8.87. The number of benzene rings is 2. The van der Waals surface area contributed by atoms with E-state index in [1.807, 2.05) is 12.1 Å². The number of aromatic hydroxyl groups is 1. The third kappa shape index (κ3) is 2.42. The molecule has 0 atom stereocenters. The third-order valence-corrected chi connectivity index (χ3v) is 6.92. The SMILES string of the molecule is Cc1ccc([Si](C)(C)c2ccc(O)cc2)cc1.